The highest BCUT2D eigenvalue weighted by Gasteiger charge is 2.09. The number of unbranched alkanes of at least 4 members (excludes halogenated alkanes) is 3. The predicted molar refractivity (Wildman–Crippen MR) is 90.9 cm³/mol. The van der Waals surface area contributed by atoms with E-state index in [2.05, 4.69) is 40.9 Å². The number of aryl methyl sites for hydroxylation is 2. The summed E-state index contributed by atoms with van der Waals surface area (Å²) in [6.07, 6.45) is 7.31. The number of imidazole rings is 1. The number of nitrogens with zero attached hydrogens (tertiary/aromatic N) is 2. The summed E-state index contributed by atoms with van der Waals surface area (Å²) in [7, 11) is 0. The molecule has 0 aliphatic carbocycles. The Labute approximate surface area is 130 Å². The number of hydrogen-bond acceptors (Lipinski definition) is 2. The highest BCUT2D eigenvalue weighted by molar-refractivity contribution is 7.98. The molecule has 110 valence electrons. The number of aromatic nitrogens is 2. The number of hydrogen-bond donors (Lipinski definition) is 0. The van der Waals surface area contributed by atoms with Crippen LogP contribution in [0.2, 0.25) is 0 Å². The fourth-order valence-corrected chi connectivity index (χ4v) is 3.21. The summed E-state index contributed by atoms with van der Waals surface area (Å²) < 4.78 is 2.29. The maximum atomic E-state index is 6.04. The van der Waals surface area contributed by atoms with E-state index < -0.39 is 0 Å². The standard InChI is InChI=1S/C16H23ClN2S/c1-13-7-8-15-14(11-13)18-16(12-17)19(15)9-5-3-4-6-10-20-2/h7-8,11H,3-6,9-10,12H2,1-2H3. The summed E-state index contributed by atoms with van der Waals surface area (Å²) in [5.41, 5.74) is 3.54. The van der Waals surface area contributed by atoms with Gasteiger partial charge in [-0.3, -0.25) is 0 Å². The van der Waals surface area contributed by atoms with Gasteiger partial charge >= 0.3 is 0 Å². The Bertz CT molecular complexity index is 551. The fourth-order valence-electron chi connectivity index (χ4n) is 2.51. The molecule has 0 N–H and O–H groups in total. The SMILES string of the molecule is CSCCCCCCn1c(CCl)nc2cc(C)ccc21. The van der Waals surface area contributed by atoms with Crippen LogP contribution < -0.4 is 0 Å². The molecule has 0 amide bonds. The zero-order valence-corrected chi connectivity index (χ0v) is 13.9. The van der Waals surface area contributed by atoms with Gasteiger partial charge in [0, 0.05) is 6.54 Å². The summed E-state index contributed by atoms with van der Waals surface area (Å²) in [6.45, 7) is 3.13. The number of alkyl halides is 1. The molecule has 1 heterocycles. The van der Waals surface area contributed by atoms with Gasteiger partial charge in [0.1, 0.15) is 5.82 Å². The summed E-state index contributed by atoms with van der Waals surface area (Å²) in [4.78, 5) is 4.65. The minimum Gasteiger partial charge on any atom is -0.327 e. The summed E-state index contributed by atoms with van der Waals surface area (Å²) >= 11 is 7.97. The number of thioether (sulfide) groups is 1. The number of fused-ring (bicyclic) bond motifs is 1. The van der Waals surface area contributed by atoms with Crippen molar-refractivity contribution in [3.05, 3.63) is 29.6 Å². The highest BCUT2D eigenvalue weighted by Crippen LogP contribution is 2.20. The summed E-state index contributed by atoms with van der Waals surface area (Å²) in [6, 6.07) is 6.46. The van der Waals surface area contributed by atoms with Crippen LogP contribution in [0.5, 0.6) is 0 Å². The molecule has 0 saturated heterocycles. The lowest BCUT2D eigenvalue weighted by Crippen LogP contribution is -2.02. The lowest BCUT2D eigenvalue weighted by atomic mass is 10.2. The summed E-state index contributed by atoms with van der Waals surface area (Å²) in [5, 5.41) is 0. The van der Waals surface area contributed by atoms with Crippen LogP contribution >= 0.6 is 23.4 Å². The third-order valence-electron chi connectivity index (χ3n) is 3.58. The minimum absolute atomic E-state index is 0.486. The van der Waals surface area contributed by atoms with Crippen LogP contribution in [0.15, 0.2) is 18.2 Å². The van der Waals surface area contributed by atoms with E-state index in [9.17, 15) is 0 Å². The van der Waals surface area contributed by atoms with E-state index >= 15 is 0 Å². The first-order valence-electron chi connectivity index (χ1n) is 7.27. The van der Waals surface area contributed by atoms with Crippen LogP contribution in [0.4, 0.5) is 0 Å². The van der Waals surface area contributed by atoms with Gasteiger partial charge in [-0.15, -0.1) is 11.6 Å². The molecule has 1 aromatic carbocycles. The van der Waals surface area contributed by atoms with Gasteiger partial charge in [-0.25, -0.2) is 4.98 Å². The van der Waals surface area contributed by atoms with Gasteiger partial charge < -0.3 is 4.57 Å². The molecule has 0 bridgehead atoms. The van der Waals surface area contributed by atoms with Crippen molar-refractivity contribution in [2.75, 3.05) is 12.0 Å². The van der Waals surface area contributed by atoms with Crippen LogP contribution in [0, 0.1) is 6.92 Å². The molecule has 0 spiro atoms. The van der Waals surface area contributed by atoms with E-state index in [0.29, 0.717) is 5.88 Å². The van der Waals surface area contributed by atoms with E-state index in [1.165, 1.54) is 42.5 Å². The Hall–Kier alpha value is -0.670. The first-order valence-corrected chi connectivity index (χ1v) is 9.19. The molecule has 2 nitrogen and oxygen atoms in total. The fraction of sp³-hybridized carbons (Fsp3) is 0.562. The molecule has 0 fully saturated rings. The van der Waals surface area contributed by atoms with Crippen molar-refractivity contribution in [2.24, 2.45) is 0 Å². The Kier molecular flexibility index (Phi) is 6.24. The number of halogens is 1. The lowest BCUT2D eigenvalue weighted by Gasteiger charge is -2.07. The van der Waals surface area contributed by atoms with Gasteiger partial charge in [-0.2, -0.15) is 11.8 Å². The monoisotopic (exact) mass is 310 g/mol. The van der Waals surface area contributed by atoms with Crippen molar-refractivity contribution >= 4 is 34.4 Å². The predicted octanol–water partition coefficient (Wildman–Crippen LogP) is 5.01. The van der Waals surface area contributed by atoms with Gasteiger partial charge in [-0.05, 0) is 49.5 Å². The second-order valence-electron chi connectivity index (χ2n) is 5.21. The van der Waals surface area contributed by atoms with Crippen molar-refractivity contribution < 1.29 is 0 Å². The van der Waals surface area contributed by atoms with E-state index in [1.807, 2.05) is 11.8 Å². The molecule has 0 unspecified atom stereocenters. The molecule has 0 saturated carbocycles. The van der Waals surface area contributed by atoms with Crippen LogP contribution in [0.3, 0.4) is 0 Å². The van der Waals surface area contributed by atoms with Crippen LogP contribution in [-0.4, -0.2) is 21.6 Å². The van der Waals surface area contributed by atoms with Gasteiger partial charge in [-0.1, -0.05) is 18.9 Å². The van der Waals surface area contributed by atoms with E-state index in [-0.39, 0.29) is 0 Å². The quantitative estimate of drug-likeness (QED) is 0.504. The molecule has 0 aliphatic heterocycles. The molecule has 0 radical (unpaired) electrons. The molecule has 0 atom stereocenters. The molecule has 20 heavy (non-hydrogen) atoms. The molecular formula is C16H23ClN2S. The topological polar surface area (TPSA) is 17.8 Å². The van der Waals surface area contributed by atoms with Gasteiger partial charge in [0.05, 0.1) is 16.9 Å². The molecule has 1 aromatic heterocycles. The molecule has 4 heteroatoms. The first kappa shape index (κ1) is 15.7. The maximum Gasteiger partial charge on any atom is 0.124 e. The van der Waals surface area contributed by atoms with Crippen molar-refractivity contribution in [3.63, 3.8) is 0 Å². The van der Waals surface area contributed by atoms with E-state index in [1.54, 1.807) is 0 Å². The van der Waals surface area contributed by atoms with E-state index in [4.69, 9.17) is 11.6 Å². The van der Waals surface area contributed by atoms with Gasteiger partial charge in [0.25, 0.3) is 0 Å². The summed E-state index contributed by atoms with van der Waals surface area (Å²) in [5.74, 6) is 2.76. The van der Waals surface area contributed by atoms with Crippen LogP contribution in [0.25, 0.3) is 11.0 Å². The second-order valence-corrected chi connectivity index (χ2v) is 6.47. The van der Waals surface area contributed by atoms with Crippen molar-refractivity contribution in [1.82, 2.24) is 9.55 Å². The zero-order chi connectivity index (χ0) is 14.4. The van der Waals surface area contributed by atoms with Crippen LogP contribution in [-0.2, 0) is 12.4 Å². The number of benzene rings is 1. The van der Waals surface area contributed by atoms with Crippen molar-refractivity contribution in [2.45, 2.75) is 45.0 Å². The smallest absolute Gasteiger partial charge is 0.124 e. The highest BCUT2D eigenvalue weighted by atomic mass is 35.5. The third kappa shape index (κ3) is 3.92. The molecule has 2 rings (SSSR count). The largest absolute Gasteiger partial charge is 0.327 e. The second kappa shape index (κ2) is 7.94. The van der Waals surface area contributed by atoms with E-state index in [0.717, 1.165) is 17.9 Å². The minimum atomic E-state index is 0.486. The molecule has 0 aliphatic rings. The maximum absolute atomic E-state index is 6.04. The van der Waals surface area contributed by atoms with Crippen molar-refractivity contribution in [1.29, 1.82) is 0 Å². The van der Waals surface area contributed by atoms with Crippen LogP contribution in [0.1, 0.15) is 37.1 Å². The lowest BCUT2D eigenvalue weighted by molar-refractivity contribution is 0.582. The Morgan fingerprint density at radius 3 is 2.75 bits per heavy atom. The third-order valence-corrected chi connectivity index (χ3v) is 4.52. The molecule has 2 aromatic rings. The Morgan fingerprint density at radius 1 is 1.20 bits per heavy atom. The zero-order valence-electron chi connectivity index (χ0n) is 12.4. The van der Waals surface area contributed by atoms with Gasteiger partial charge in [0.15, 0.2) is 0 Å². The average molecular weight is 311 g/mol. The number of rotatable bonds is 8. The first-order chi connectivity index (χ1) is 9.76. The Morgan fingerprint density at radius 2 is 2.00 bits per heavy atom. The normalized spacial score (nSPS) is 11.3. The Balaban J connectivity index is 2.01. The van der Waals surface area contributed by atoms with Crippen molar-refractivity contribution in [3.8, 4) is 0 Å². The average Bonchev–Trinajstić information content (AvgIpc) is 2.79. The van der Waals surface area contributed by atoms with Gasteiger partial charge in [0.2, 0.25) is 0 Å². The molecular weight excluding hydrogens is 288 g/mol.